The van der Waals surface area contributed by atoms with Crippen molar-refractivity contribution in [1.82, 2.24) is 0 Å². The summed E-state index contributed by atoms with van der Waals surface area (Å²) in [5, 5.41) is 5.56. The maximum atomic E-state index is 2.82. The predicted molar refractivity (Wildman–Crippen MR) is 27.8 cm³/mol. The topological polar surface area (TPSA) is 0 Å². The summed E-state index contributed by atoms with van der Waals surface area (Å²) in [7, 11) is 0. The highest BCUT2D eigenvalue weighted by Gasteiger charge is 1.72. The van der Waals surface area contributed by atoms with Gasteiger partial charge in [0.2, 0.25) is 0 Å². The Morgan fingerprint density at radius 1 is 1.17 bits per heavy atom. The van der Waals surface area contributed by atoms with E-state index in [1.165, 1.54) is 11.8 Å². The predicted octanol–water partition coefficient (Wildman–Crippen LogP) is 1.05. The van der Waals surface area contributed by atoms with Crippen LogP contribution in [0.3, 0.4) is 0 Å². The second-order valence-corrected chi connectivity index (χ2v) is 1.45. The monoisotopic (exact) mass is 94.0 g/mol. The Kier molecular flexibility index (Phi) is 1.10. The molecule has 0 nitrogen and oxygen atoms in total. The molecule has 28 valence electrons. The van der Waals surface area contributed by atoms with Crippen molar-refractivity contribution in [2.24, 2.45) is 0 Å². The van der Waals surface area contributed by atoms with E-state index in [9.17, 15) is 0 Å². The fraction of sp³-hybridized carbons (Fsp3) is 0.200. The summed E-state index contributed by atoms with van der Waals surface area (Å²) in [5.74, 6) is 5.65. The van der Waals surface area contributed by atoms with Gasteiger partial charge in [-0.05, 0) is 10.5 Å². The fourth-order valence-electron chi connectivity index (χ4n) is 0.214. The van der Waals surface area contributed by atoms with Gasteiger partial charge in [0.05, 0.1) is 6.42 Å². The zero-order valence-electron chi connectivity index (χ0n) is 3.12. The molecule has 6 heavy (non-hydrogen) atoms. The number of hydrogen-bond donors (Lipinski definition) is 0. The summed E-state index contributed by atoms with van der Waals surface area (Å²) in [4.78, 5) is 0. The van der Waals surface area contributed by atoms with Crippen molar-refractivity contribution in [3.8, 4) is 22.3 Å². The Balaban J connectivity index is 2.57. The summed E-state index contributed by atoms with van der Waals surface area (Å²) >= 11 is 1.37. The van der Waals surface area contributed by atoms with E-state index in [4.69, 9.17) is 0 Å². The van der Waals surface area contributed by atoms with E-state index in [1.54, 1.807) is 0 Å². The Bertz CT molecular complexity index is 116. The normalized spacial score (nSPS) is 13.3. The number of hydrogen-bond acceptors (Lipinski definition) is 1. The second-order valence-electron chi connectivity index (χ2n) is 0.837. The van der Waals surface area contributed by atoms with Gasteiger partial charge in [0.15, 0.2) is 0 Å². The second kappa shape index (κ2) is 1.80. The Morgan fingerprint density at radius 3 is 2.00 bits per heavy atom. The maximum Gasteiger partial charge on any atom is 0.0721 e. The molecule has 0 radical (unpaired) electrons. The number of thioether (sulfide) groups is 1. The molecule has 0 aliphatic carbocycles. The molecule has 0 aromatic heterocycles. The molecule has 0 fully saturated rings. The summed E-state index contributed by atoms with van der Waals surface area (Å²) < 4.78 is 0. The molecule has 0 bridgehead atoms. The van der Waals surface area contributed by atoms with Crippen molar-refractivity contribution in [2.45, 2.75) is 6.42 Å². The van der Waals surface area contributed by atoms with Gasteiger partial charge in [0.25, 0.3) is 0 Å². The first-order valence-corrected chi connectivity index (χ1v) is 2.43. The molecule has 1 rings (SSSR count). The molecule has 0 amide bonds. The van der Waals surface area contributed by atoms with Crippen molar-refractivity contribution in [1.29, 1.82) is 0 Å². The van der Waals surface area contributed by atoms with Gasteiger partial charge in [-0.15, -0.1) is 0 Å². The van der Waals surface area contributed by atoms with Crippen LogP contribution in [0.2, 0.25) is 0 Å². The van der Waals surface area contributed by atoms with Gasteiger partial charge in [0.1, 0.15) is 0 Å². The highest BCUT2D eigenvalue weighted by molar-refractivity contribution is 8.08. The third kappa shape index (κ3) is 0.708. The quantitative estimate of drug-likeness (QED) is 0.404. The van der Waals surface area contributed by atoms with Gasteiger partial charge >= 0.3 is 0 Å². The zero-order valence-corrected chi connectivity index (χ0v) is 3.93. The average Bonchev–Trinajstić information content (AvgIpc) is 1.72. The molecule has 0 spiro atoms. The molecule has 1 aliphatic rings. The van der Waals surface area contributed by atoms with Gasteiger partial charge in [-0.2, -0.15) is 0 Å². The van der Waals surface area contributed by atoms with E-state index < -0.39 is 0 Å². The lowest BCUT2D eigenvalue weighted by Gasteiger charge is -1.74. The molecule has 0 aromatic rings. The molecule has 0 unspecified atom stereocenters. The van der Waals surface area contributed by atoms with Crippen LogP contribution in [-0.2, 0) is 0 Å². The molecule has 1 aliphatic heterocycles. The lowest BCUT2D eigenvalue weighted by Crippen LogP contribution is -1.60. The van der Waals surface area contributed by atoms with Crippen molar-refractivity contribution in [2.75, 3.05) is 0 Å². The Hall–Kier alpha value is -0.530. The van der Waals surface area contributed by atoms with Crippen LogP contribution in [0.15, 0.2) is 0 Å². The molecular formula is C5H2S. The first-order chi connectivity index (χ1) is 3.00. The lowest BCUT2D eigenvalue weighted by molar-refractivity contribution is 1.57. The lowest BCUT2D eigenvalue weighted by atomic mass is 10.5. The molecular weight excluding hydrogens is 92.1 g/mol. The Labute approximate surface area is 41.3 Å². The van der Waals surface area contributed by atoms with Gasteiger partial charge in [-0.3, -0.25) is 0 Å². The van der Waals surface area contributed by atoms with Crippen LogP contribution in [0.25, 0.3) is 0 Å². The van der Waals surface area contributed by atoms with Crippen LogP contribution >= 0.6 is 11.8 Å². The Morgan fingerprint density at radius 2 is 1.83 bits per heavy atom. The van der Waals surface area contributed by atoms with Gasteiger partial charge < -0.3 is 0 Å². The van der Waals surface area contributed by atoms with Crippen molar-refractivity contribution < 1.29 is 0 Å². The highest BCUT2D eigenvalue weighted by Crippen LogP contribution is 1.95. The van der Waals surface area contributed by atoms with E-state index in [2.05, 4.69) is 22.3 Å². The molecule has 1 heteroatoms. The standard InChI is InChI=1S/C5H2S/c1-2-4-6-5-3-1/h1H2. The van der Waals surface area contributed by atoms with Gasteiger partial charge in [-0.25, -0.2) is 0 Å². The van der Waals surface area contributed by atoms with E-state index >= 15 is 0 Å². The van der Waals surface area contributed by atoms with Crippen LogP contribution in [0.5, 0.6) is 0 Å². The molecule has 0 saturated heterocycles. The highest BCUT2D eigenvalue weighted by atomic mass is 32.2. The fourth-order valence-corrected chi connectivity index (χ4v) is 0.554. The first kappa shape index (κ1) is 3.65. The van der Waals surface area contributed by atoms with Crippen LogP contribution in [-0.4, -0.2) is 0 Å². The SMILES string of the molecule is C1#CSC#CC1. The third-order valence-corrected chi connectivity index (χ3v) is 0.916. The van der Waals surface area contributed by atoms with Crippen LogP contribution in [0.1, 0.15) is 6.42 Å². The summed E-state index contributed by atoms with van der Waals surface area (Å²) in [6.07, 6.45) is 0.757. The van der Waals surface area contributed by atoms with Gasteiger partial charge in [-0.1, -0.05) is 11.8 Å². The largest absolute Gasteiger partial charge is 0.0772 e. The summed E-state index contributed by atoms with van der Waals surface area (Å²) in [6.45, 7) is 0. The zero-order chi connectivity index (χ0) is 4.24. The first-order valence-electron chi connectivity index (χ1n) is 1.62. The van der Waals surface area contributed by atoms with E-state index in [0.29, 0.717) is 0 Å². The summed E-state index contributed by atoms with van der Waals surface area (Å²) in [6, 6.07) is 0. The van der Waals surface area contributed by atoms with E-state index in [0.717, 1.165) is 6.42 Å². The average molecular weight is 94.1 g/mol. The van der Waals surface area contributed by atoms with Gasteiger partial charge in [0, 0.05) is 11.8 Å². The molecule has 0 saturated carbocycles. The third-order valence-electron chi connectivity index (χ3n) is 0.423. The minimum absolute atomic E-state index is 0.757. The molecule has 0 aromatic carbocycles. The minimum atomic E-state index is 0.757. The molecule has 0 N–H and O–H groups in total. The molecule has 0 atom stereocenters. The summed E-state index contributed by atoms with van der Waals surface area (Å²) in [5.41, 5.74) is 0. The van der Waals surface area contributed by atoms with Crippen LogP contribution in [0.4, 0.5) is 0 Å². The number of rotatable bonds is 0. The van der Waals surface area contributed by atoms with Crippen LogP contribution in [0, 0.1) is 22.3 Å². The van der Waals surface area contributed by atoms with Crippen LogP contribution < -0.4 is 0 Å². The molecule has 1 heterocycles. The van der Waals surface area contributed by atoms with Crippen molar-refractivity contribution in [3.05, 3.63) is 0 Å². The minimum Gasteiger partial charge on any atom is -0.0772 e. The smallest absolute Gasteiger partial charge is 0.0721 e. The van der Waals surface area contributed by atoms with Crippen molar-refractivity contribution >= 4 is 11.8 Å². The van der Waals surface area contributed by atoms with E-state index in [-0.39, 0.29) is 0 Å². The van der Waals surface area contributed by atoms with Crippen molar-refractivity contribution in [3.63, 3.8) is 0 Å². The van der Waals surface area contributed by atoms with E-state index in [1.807, 2.05) is 0 Å². The maximum absolute atomic E-state index is 2.82.